The topological polar surface area (TPSA) is 53.4 Å². The molecule has 6 heteroatoms. The minimum atomic E-state index is -0.147. The number of aromatic nitrogens is 2. The van der Waals surface area contributed by atoms with E-state index in [-0.39, 0.29) is 5.56 Å². The minimum absolute atomic E-state index is 0.147. The molecule has 5 nitrogen and oxygen atoms in total. The largest absolute Gasteiger partial charge is 0.497 e. The summed E-state index contributed by atoms with van der Waals surface area (Å²) in [5, 5.41) is 1.15. The number of benzene rings is 3. The molecule has 0 spiro atoms. The van der Waals surface area contributed by atoms with Gasteiger partial charge in [-0.15, -0.1) is 0 Å². The molecule has 29 heavy (non-hydrogen) atoms. The summed E-state index contributed by atoms with van der Waals surface area (Å²) < 4.78 is 12.6. The van der Waals surface area contributed by atoms with Gasteiger partial charge in [0, 0.05) is 5.02 Å². The highest BCUT2D eigenvalue weighted by molar-refractivity contribution is 6.30. The fourth-order valence-corrected chi connectivity index (χ4v) is 3.41. The molecule has 0 unspecified atom stereocenters. The van der Waals surface area contributed by atoms with Crippen LogP contribution >= 0.6 is 11.6 Å². The van der Waals surface area contributed by atoms with E-state index in [9.17, 15) is 4.79 Å². The van der Waals surface area contributed by atoms with E-state index in [0.29, 0.717) is 34.1 Å². The molecule has 3 aromatic carbocycles. The molecule has 0 saturated heterocycles. The Labute approximate surface area is 173 Å². The van der Waals surface area contributed by atoms with Crippen LogP contribution in [0.15, 0.2) is 71.5 Å². The van der Waals surface area contributed by atoms with Crippen molar-refractivity contribution in [1.82, 2.24) is 9.55 Å². The molecule has 0 amide bonds. The number of methoxy groups -OCH3 is 1. The van der Waals surface area contributed by atoms with Crippen LogP contribution in [-0.4, -0.2) is 16.7 Å². The molecule has 0 radical (unpaired) electrons. The van der Waals surface area contributed by atoms with Crippen molar-refractivity contribution >= 4 is 22.5 Å². The van der Waals surface area contributed by atoms with Gasteiger partial charge in [-0.2, -0.15) is 0 Å². The lowest BCUT2D eigenvalue weighted by atomic mass is 10.2. The average molecular weight is 407 g/mol. The van der Waals surface area contributed by atoms with Crippen LogP contribution in [0.5, 0.6) is 11.5 Å². The molecule has 0 aliphatic rings. The standard InChI is InChI=1S/C23H19ClN2O3/c1-15-25-22-11-10-20(29-14-16-4-3-5-17(24)12-16)13-21(22)23(27)26(15)18-6-8-19(28-2)9-7-18/h3-13H,14H2,1-2H3. The van der Waals surface area contributed by atoms with E-state index in [1.54, 1.807) is 23.8 Å². The van der Waals surface area contributed by atoms with Crippen LogP contribution in [0.3, 0.4) is 0 Å². The number of fused-ring (bicyclic) bond motifs is 1. The number of halogens is 1. The summed E-state index contributed by atoms with van der Waals surface area (Å²) in [7, 11) is 1.61. The first-order valence-corrected chi connectivity index (χ1v) is 9.48. The van der Waals surface area contributed by atoms with Gasteiger partial charge in [-0.25, -0.2) is 4.98 Å². The lowest BCUT2D eigenvalue weighted by Gasteiger charge is -2.12. The Kier molecular flexibility index (Phi) is 5.23. The van der Waals surface area contributed by atoms with Crippen molar-refractivity contribution in [1.29, 1.82) is 0 Å². The van der Waals surface area contributed by atoms with Crippen molar-refractivity contribution < 1.29 is 9.47 Å². The van der Waals surface area contributed by atoms with E-state index in [4.69, 9.17) is 21.1 Å². The second-order valence-corrected chi connectivity index (χ2v) is 7.03. The van der Waals surface area contributed by atoms with Gasteiger partial charge in [-0.05, 0) is 67.1 Å². The lowest BCUT2D eigenvalue weighted by Crippen LogP contribution is -2.22. The van der Waals surface area contributed by atoms with Crippen LogP contribution < -0.4 is 15.0 Å². The molecule has 1 aromatic heterocycles. The summed E-state index contributed by atoms with van der Waals surface area (Å²) >= 11 is 6.02. The first-order valence-electron chi connectivity index (χ1n) is 9.10. The Bertz CT molecular complexity index is 1230. The van der Waals surface area contributed by atoms with E-state index in [1.165, 1.54) is 0 Å². The Morgan fingerprint density at radius 3 is 2.48 bits per heavy atom. The van der Waals surface area contributed by atoms with Crippen LogP contribution in [-0.2, 0) is 6.61 Å². The molecule has 0 aliphatic carbocycles. The summed E-state index contributed by atoms with van der Waals surface area (Å²) in [5.41, 5.74) is 2.17. The zero-order valence-electron chi connectivity index (χ0n) is 16.1. The molecule has 0 aliphatic heterocycles. The Morgan fingerprint density at radius 2 is 1.76 bits per heavy atom. The highest BCUT2D eigenvalue weighted by Crippen LogP contribution is 2.21. The predicted octanol–water partition coefficient (Wildman–Crippen LogP) is 4.94. The maximum Gasteiger partial charge on any atom is 0.266 e. The molecule has 0 bridgehead atoms. The molecule has 0 N–H and O–H groups in total. The summed E-state index contributed by atoms with van der Waals surface area (Å²) in [6.45, 7) is 2.17. The molecule has 146 valence electrons. The van der Waals surface area contributed by atoms with Gasteiger partial charge in [-0.3, -0.25) is 9.36 Å². The van der Waals surface area contributed by atoms with Crippen molar-refractivity contribution in [3.63, 3.8) is 0 Å². The van der Waals surface area contributed by atoms with Gasteiger partial charge in [0.1, 0.15) is 23.9 Å². The summed E-state index contributed by atoms with van der Waals surface area (Å²) in [5.74, 6) is 1.94. The second kappa shape index (κ2) is 7.97. The number of nitrogens with zero attached hydrogens (tertiary/aromatic N) is 2. The highest BCUT2D eigenvalue weighted by Gasteiger charge is 2.11. The number of hydrogen-bond acceptors (Lipinski definition) is 4. The van der Waals surface area contributed by atoms with E-state index < -0.39 is 0 Å². The smallest absolute Gasteiger partial charge is 0.266 e. The van der Waals surface area contributed by atoms with Crippen LogP contribution in [0, 0.1) is 6.92 Å². The van der Waals surface area contributed by atoms with Gasteiger partial charge < -0.3 is 9.47 Å². The van der Waals surface area contributed by atoms with Crippen molar-refractivity contribution in [2.75, 3.05) is 7.11 Å². The quantitative estimate of drug-likeness (QED) is 0.471. The van der Waals surface area contributed by atoms with Crippen LogP contribution in [0.25, 0.3) is 16.6 Å². The maximum absolute atomic E-state index is 13.2. The van der Waals surface area contributed by atoms with E-state index in [2.05, 4.69) is 4.98 Å². The predicted molar refractivity (Wildman–Crippen MR) is 114 cm³/mol. The molecule has 0 saturated carbocycles. The first kappa shape index (κ1) is 19.0. The minimum Gasteiger partial charge on any atom is -0.497 e. The SMILES string of the molecule is COc1ccc(-n2c(C)nc3ccc(OCc4cccc(Cl)c4)cc3c2=O)cc1. The Hall–Kier alpha value is -3.31. The normalized spacial score (nSPS) is 10.9. The highest BCUT2D eigenvalue weighted by atomic mass is 35.5. The van der Waals surface area contributed by atoms with E-state index in [1.807, 2.05) is 61.5 Å². The number of hydrogen-bond donors (Lipinski definition) is 0. The van der Waals surface area contributed by atoms with Crippen LogP contribution in [0.2, 0.25) is 5.02 Å². The monoisotopic (exact) mass is 406 g/mol. The van der Waals surface area contributed by atoms with Gasteiger partial charge >= 0.3 is 0 Å². The number of aryl methyl sites for hydroxylation is 1. The van der Waals surface area contributed by atoms with Crippen molar-refractivity contribution in [3.8, 4) is 17.2 Å². The maximum atomic E-state index is 13.2. The lowest BCUT2D eigenvalue weighted by molar-refractivity contribution is 0.306. The van der Waals surface area contributed by atoms with E-state index >= 15 is 0 Å². The van der Waals surface area contributed by atoms with E-state index in [0.717, 1.165) is 17.0 Å². The fourth-order valence-electron chi connectivity index (χ4n) is 3.19. The third-order valence-corrected chi connectivity index (χ3v) is 4.87. The third-order valence-electron chi connectivity index (χ3n) is 4.63. The summed E-state index contributed by atoms with van der Waals surface area (Å²) in [6, 6.07) is 20.1. The first-order chi connectivity index (χ1) is 14.0. The average Bonchev–Trinajstić information content (AvgIpc) is 2.73. The van der Waals surface area contributed by atoms with Crippen LogP contribution in [0.4, 0.5) is 0 Å². The molecule has 1 heterocycles. The molecule has 4 aromatic rings. The molecular formula is C23H19ClN2O3. The van der Waals surface area contributed by atoms with Gasteiger partial charge in [0.25, 0.3) is 5.56 Å². The molecule has 0 atom stereocenters. The fraction of sp³-hybridized carbons (Fsp3) is 0.130. The van der Waals surface area contributed by atoms with Gasteiger partial charge in [0.05, 0.1) is 23.7 Å². The molecule has 4 rings (SSSR count). The van der Waals surface area contributed by atoms with Crippen molar-refractivity contribution in [2.45, 2.75) is 13.5 Å². The Balaban J connectivity index is 1.70. The third kappa shape index (κ3) is 3.96. The van der Waals surface area contributed by atoms with Crippen LogP contribution in [0.1, 0.15) is 11.4 Å². The summed E-state index contributed by atoms with van der Waals surface area (Å²) in [4.78, 5) is 17.8. The Morgan fingerprint density at radius 1 is 1.00 bits per heavy atom. The summed E-state index contributed by atoms with van der Waals surface area (Å²) in [6.07, 6.45) is 0. The van der Waals surface area contributed by atoms with Crippen molar-refractivity contribution in [3.05, 3.63) is 93.5 Å². The number of rotatable bonds is 5. The van der Waals surface area contributed by atoms with Gasteiger partial charge in [0.15, 0.2) is 0 Å². The zero-order chi connectivity index (χ0) is 20.4. The molecule has 0 fully saturated rings. The zero-order valence-corrected chi connectivity index (χ0v) is 16.8. The number of ether oxygens (including phenoxy) is 2. The molecular weight excluding hydrogens is 388 g/mol. The van der Waals surface area contributed by atoms with Crippen molar-refractivity contribution in [2.24, 2.45) is 0 Å². The second-order valence-electron chi connectivity index (χ2n) is 6.60. The van der Waals surface area contributed by atoms with Gasteiger partial charge in [-0.1, -0.05) is 23.7 Å². The van der Waals surface area contributed by atoms with Gasteiger partial charge in [0.2, 0.25) is 0 Å².